The van der Waals surface area contributed by atoms with Crippen LogP contribution < -0.4 is 20.3 Å². The van der Waals surface area contributed by atoms with Crippen LogP contribution in [0.3, 0.4) is 0 Å². The number of para-hydroxylation sites is 2. The minimum absolute atomic E-state index is 0.365. The number of amides is 2. The van der Waals surface area contributed by atoms with Crippen molar-refractivity contribution in [3.8, 4) is 5.75 Å². The smallest absolute Gasteiger partial charge is 0.325 e. The fourth-order valence-electron chi connectivity index (χ4n) is 2.48. The van der Waals surface area contributed by atoms with E-state index in [9.17, 15) is 4.79 Å². The highest BCUT2D eigenvalue weighted by atomic mass is 32.1. The number of rotatable bonds is 4. The van der Waals surface area contributed by atoms with Crippen LogP contribution in [0, 0.1) is 0 Å². The van der Waals surface area contributed by atoms with Crippen molar-refractivity contribution < 1.29 is 9.53 Å². The van der Waals surface area contributed by atoms with E-state index in [1.54, 1.807) is 19.2 Å². The van der Waals surface area contributed by atoms with Gasteiger partial charge in [-0.05, 0) is 31.4 Å². The van der Waals surface area contributed by atoms with Crippen LogP contribution in [0.5, 0.6) is 5.75 Å². The van der Waals surface area contributed by atoms with E-state index in [-0.39, 0.29) is 6.03 Å². The highest BCUT2D eigenvalue weighted by molar-refractivity contribution is 7.19. The van der Waals surface area contributed by atoms with E-state index in [1.807, 2.05) is 12.1 Å². The van der Waals surface area contributed by atoms with Crippen LogP contribution in [0.4, 0.5) is 20.7 Å². The molecule has 0 saturated carbocycles. The van der Waals surface area contributed by atoms with E-state index in [4.69, 9.17) is 4.74 Å². The van der Waals surface area contributed by atoms with Gasteiger partial charge in [-0.1, -0.05) is 23.5 Å². The monoisotopic (exact) mass is 333 g/mol. The van der Waals surface area contributed by atoms with Crippen molar-refractivity contribution in [3.05, 3.63) is 24.3 Å². The Morgan fingerprint density at radius 3 is 2.74 bits per heavy atom. The number of urea groups is 1. The van der Waals surface area contributed by atoms with Gasteiger partial charge in [0.25, 0.3) is 0 Å². The molecule has 1 aromatic carbocycles. The van der Waals surface area contributed by atoms with Gasteiger partial charge in [-0.2, -0.15) is 0 Å². The van der Waals surface area contributed by atoms with Crippen molar-refractivity contribution in [1.82, 2.24) is 10.2 Å². The van der Waals surface area contributed by atoms with Crippen LogP contribution in [0.1, 0.15) is 19.3 Å². The fourth-order valence-corrected chi connectivity index (χ4v) is 3.27. The van der Waals surface area contributed by atoms with Gasteiger partial charge in [-0.25, -0.2) is 4.79 Å². The Kier molecular flexibility index (Phi) is 4.92. The minimum atomic E-state index is -0.365. The Hall–Kier alpha value is -2.35. The Morgan fingerprint density at radius 2 is 1.96 bits per heavy atom. The summed E-state index contributed by atoms with van der Waals surface area (Å²) in [5, 5.41) is 15.0. The number of hydrogen-bond donors (Lipinski definition) is 2. The second kappa shape index (κ2) is 7.28. The van der Waals surface area contributed by atoms with Gasteiger partial charge in [0.1, 0.15) is 5.75 Å². The second-order valence-corrected chi connectivity index (χ2v) is 6.17. The lowest BCUT2D eigenvalue weighted by atomic mass is 10.1. The Labute approximate surface area is 138 Å². The third kappa shape index (κ3) is 3.89. The number of methoxy groups -OCH3 is 1. The Balaban J connectivity index is 1.60. The van der Waals surface area contributed by atoms with Crippen LogP contribution in [-0.2, 0) is 0 Å². The van der Waals surface area contributed by atoms with Crippen molar-refractivity contribution in [3.63, 3.8) is 0 Å². The number of aromatic nitrogens is 2. The number of ether oxygens (including phenoxy) is 1. The van der Waals surface area contributed by atoms with Crippen molar-refractivity contribution in [1.29, 1.82) is 0 Å². The highest BCUT2D eigenvalue weighted by Crippen LogP contribution is 2.27. The van der Waals surface area contributed by atoms with Gasteiger partial charge in [0, 0.05) is 13.1 Å². The van der Waals surface area contributed by atoms with Gasteiger partial charge < -0.3 is 15.0 Å². The molecule has 1 aliphatic heterocycles. The van der Waals surface area contributed by atoms with Gasteiger partial charge in [0.15, 0.2) is 0 Å². The number of nitrogens with one attached hydrogen (secondary N) is 2. The molecular formula is C15H19N5O2S. The molecule has 7 nitrogen and oxygen atoms in total. The van der Waals surface area contributed by atoms with Crippen LogP contribution in [0.15, 0.2) is 24.3 Å². The van der Waals surface area contributed by atoms with Gasteiger partial charge in [0.2, 0.25) is 10.3 Å². The number of piperidine rings is 1. The first-order chi connectivity index (χ1) is 11.3. The van der Waals surface area contributed by atoms with Crippen LogP contribution in [0.2, 0.25) is 0 Å². The number of benzene rings is 1. The highest BCUT2D eigenvalue weighted by Gasteiger charge is 2.16. The molecule has 2 heterocycles. The third-order valence-electron chi connectivity index (χ3n) is 3.62. The summed E-state index contributed by atoms with van der Waals surface area (Å²) < 4.78 is 5.21. The van der Waals surface area contributed by atoms with Crippen molar-refractivity contribution in [2.24, 2.45) is 0 Å². The normalized spacial score (nSPS) is 14.4. The molecule has 2 amide bonds. The molecule has 2 N–H and O–H groups in total. The first-order valence-corrected chi connectivity index (χ1v) is 8.37. The molecular weight excluding hydrogens is 314 g/mol. The lowest BCUT2D eigenvalue weighted by Crippen LogP contribution is -2.29. The zero-order chi connectivity index (χ0) is 16.1. The molecule has 0 radical (unpaired) electrons. The molecule has 0 aliphatic carbocycles. The molecule has 0 atom stereocenters. The molecule has 1 aliphatic rings. The number of carbonyl (C=O) groups is 1. The van der Waals surface area contributed by atoms with E-state index in [0.29, 0.717) is 16.6 Å². The molecule has 2 aromatic rings. The number of anilines is 3. The topological polar surface area (TPSA) is 79.4 Å². The van der Waals surface area contributed by atoms with Crippen LogP contribution in [-0.4, -0.2) is 36.4 Å². The maximum Gasteiger partial charge on any atom is 0.325 e. The summed E-state index contributed by atoms with van der Waals surface area (Å²) >= 11 is 1.39. The minimum Gasteiger partial charge on any atom is -0.495 e. The van der Waals surface area contributed by atoms with Gasteiger partial charge >= 0.3 is 6.03 Å². The van der Waals surface area contributed by atoms with Crippen molar-refractivity contribution in [2.45, 2.75) is 19.3 Å². The predicted octanol–water partition coefficient (Wildman–Crippen LogP) is 3.18. The largest absolute Gasteiger partial charge is 0.495 e. The zero-order valence-corrected chi connectivity index (χ0v) is 13.7. The summed E-state index contributed by atoms with van der Waals surface area (Å²) in [5.41, 5.74) is 0.605. The second-order valence-electron chi connectivity index (χ2n) is 5.22. The molecule has 8 heteroatoms. The average molecular weight is 333 g/mol. The molecule has 1 fully saturated rings. The maximum atomic E-state index is 12.1. The fraction of sp³-hybridized carbons (Fsp3) is 0.400. The van der Waals surface area contributed by atoms with E-state index < -0.39 is 0 Å². The molecule has 23 heavy (non-hydrogen) atoms. The van der Waals surface area contributed by atoms with Gasteiger partial charge in [-0.15, -0.1) is 10.2 Å². The summed E-state index contributed by atoms with van der Waals surface area (Å²) in [5.74, 6) is 0.605. The van der Waals surface area contributed by atoms with Crippen LogP contribution in [0.25, 0.3) is 0 Å². The Morgan fingerprint density at radius 1 is 1.17 bits per heavy atom. The summed E-state index contributed by atoms with van der Waals surface area (Å²) in [7, 11) is 1.56. The summed E-state index contributed by atoms with van der Waals surface area (Å²) in [6.45, 7) is 2.00. The number of carbonyl (C=O) groups excluding carboxylic acids is 1. The summed E-state index contributed by atoms with van der Waals surface area (Å²) in [6, 6.07) is 6.87. The standard InChI is InChI=1S/C15H19N5O2S/c1-22-12-8-4-3-7-11(12)16-13(21)17-14-18-19-15(23-14)20-9-5-2-6-10-20/h3-4,7-8H,2,5-6,9-10H2,1H3,(H2,16,17,18,21). The Bertz CT molecular complexity index is 669. The van der Waals surface area contributed by atoms with E-state index in [2.05, 4.69) is 25.7 Å². The zero-order valence-electron chi connectivity index (χ0n) is 12.9. The molecule has 3 rings (SSSR count). The molecule has 0 spiro atoms. The predicted molar refractivity (Wildman–Crippen MR) is 91.6 cm³/mol. The third-order valence-corrected chi connectivity index (χ3v) is 4.52. The van der Waals surface area contributed by atoms with E-state index >= 15 is 0 Å². The molecule has 0 unspecified atom stereocenters. The first-order valence-electron chi connectivity index (χ1n) is 7.56. The van der Waals surface area contributed by atoms with Gasteiger partial charge in [0.05, 0.1) is 12.8 Å². The average Bonchev–Trinajstić information content (AvgIpc) is 3.04. The maximum absolute atomic E-state index is 12.1. The number of nitrogens with zero attached hydrogens (tertiary/aromatic N) is 3. The lowest BCUT2D eigenvalue weighted by Gasteiger charge is -2.25. The van der Waals surface area contributed by atoms with E-state index in [0.717, 1.165) is 18.2 Å². The molecule has 122 valence electrons. The van der Waals surface area contributed by atoms with Crippen LogP contribution >= 0.6 is 11.3 Å². The molecule has 1 saturated heterocycles. The van der Waals surface area contributed by atoms with Crippen molar-refractivity contribution in [2.75, 3.05) is 35.7 Å². The van der Waals surface area contributed by atoms with Crippen molar-refractivity contribution >= 4 is 33.3 Å². The number of hydrogen-bond acceptors (Lipinski definition) is 6. The summed E-state index contributed by atoms with van der Waals surface area (Å²) in [6.07, 6.45) is 3.62. The first kappa shape index (κ1) is 15.5. The molecule has 1 aromatic heterocycles. The quantitative estimate of drug-likeness (QED) is 0.898. The SMILES string of the molecule is COc1ccccc1NC(=O)Nc1nnc(N2CCCCC2)s1. The summed E-state index contributed by atoms with van der Waals surface area (Å²) in [4.78, 5) is 14.3. The lowest BCUT2D eigenvalue weighted by molar-refractivity contribution is 0.262. The molecule has 0 bridgehead atoms. The van der Waals surface area contributed by atoms with E-state index in [1.165, 1.54) is 30.6 Å². The van der Waals surface area contributed by atoms with Gasteiger partial charge in [-0.3, -0.25) is 5.32 Å².